The second-order valence-corrected chi connectivity index (χ2v) is 7.70. The van der Waals surface area contributed by atoms with E-state index in [1.54, 1.807) is 30.0 Å². The Morgan fingerprint density at radius 3 is 2.37 bits per heavy atom. The van der Waals surface area contributed by atoms with E-state index in [1.807, 2.05) is 4.68 Å². The summed E-state index contributed by atoms with van der Waals surface area (Å²) in [5.41, 5.74) is 2.32. The van der Waals surface area contributed by atoms with Crippen LogP contribution in [-0.4, -0.2) is 58.7 Å². The largest absolute Gasteiger partial charge is 0.391 e. The summed E-state index contributed by atoms with van der Waals surface area (Å²) >= 11 is 0. The Hall–Kier alpha value is -2.58. The molecule has 5 rings (SSSR count). The standard InChI is InChI=1S/C19H23N7O/c27-19-6-16-9-24(8-15(16)5-18(19)26-13-21-11-23-26)7-14-1-3-17(4-2-14)25-12-20-10-22-25/h1-4,10-13,15-16,18-19,27H,5-9H2/t15-,16+,18-,19-/m1/s1. The maximum absolute atomic E-state index is 10.6. The van der Waals surface area contributed by atoms with Gasteiger partial charge in [0.05, 0.1) is 17.8 Å². The van der Waals surface area contributed by atoms with Crippen molar-refractivity contribution in [1.29, 1.82) is 0 Å². The number of benzene rings is 1. The zero-order valence-corrected chi connectivity index (χ0v) is 15.0. The van der Waals surface area contributed by atoms with Gasteiger partial charge in [0.2, 0.25) is 0 Å². The van der Waals surface area contributed by atoms with Gasteiger partial charge < -0.3 is 5.11 Å². The van der Waals surface area contributed by atoms with Crippen LogP contribution in [0.2, 0.25) is 0 Å². The van der Waals surface area contributed by atoms with Gasteiger partial charge in [0.1, 0.15) is 25.3 Å². The van der Waals surface area contributed by atoms with Crippen molar-refractivity contribution in [3.05, 3.63) is 55.1 Å². The van der Waals surface area contributed by atoms with Crippen LogP contribution in [0.1, 0.15) is 24.4 Å². The van der Waals surface area contributed by atoms with Crippen LogP contribution in [0.25, 0.3) is 5.69 Å². The summed E-state index contributed by atoms with van der Waals surface area (Å²) in [5.74, 6) is 1.17. The normalized spacial score (nSPS) is 28.3. The van der Waals surface area contributed by atoms with E-state index in [1.165, 1.54) is 5.56 Å². The Morgan fingerprint density at radius 1 is 0.926 bits per heavy atom. The highest BCUT2D eigenvalue weighted by Crippen LogP contribution is 2.41. The minimum atomic E-state index is -0.338. The number of hydrogen-bond donors (Lipinski definition) is 1. The topological polar surface area (TPSA) is 84.9 Å². The van der Waals surface area contributed by atoms with Crippen molar-refractivity contribution in [3.8, 4) is 5.69 Å². The van der Waals surface area contributed by atoms with Gasteiger partial charge in [-0.1, -0.05) is 12.1 Å². The van der Waals surface area contributed by atoms with E-state index in [4.69, 9.17) is 0 Å². The monoisotopic (exact) mass is 365 g/mol. The molecule has 1 saturated carbocycles. The highest BCUT2D eigenvalue weighted by Gasteiger charge is 2.42. The van der Waals surface area contributed by atoms with Crippen LogP contribution in [-0.2, 0) is 6.54 Å². The van der Waals surface area contributed by atoms with Gasteiger partial charge in [-0.3, -0.25) is 4.90 Å². The minimum absolute atomic E-state index is 0.0515. The summed E-state index contributed by atoms with van der Waals surface area (Å²) in [6, 6.07) is 8.53. The summed E-state index contributed by atoms with van der Waals surface area (Å²) in [6.45, 7) is 3.07. The third-order valence-corrected chi connectivity index (χ3v) is 5.99. The van der Waals surface area contributed by atoms with Gasteiger partial charge in [0.25, 0.3) is 0 Å². The molecule has 8 heteroatoms. The van der Waals surface area contributed by atoms with Gasteiger partial charge in [0.15, 0.2) is 0 Å². The molecule has 0 radical (unpaired) electrons. The van der Waals surface area contributed by atoms with Gasteiger partial charge in [-0.15, -0.1) is 0 Å². The zero-order chi connectivity index (χ0) is 18.2. The van der Waals surface area contributed by atoms with E-state index in [0.29, 0.717) is 11.8 Å². The molecular formula is C19H23N7O. The molecule has 0 unspecified atom stereocenters. The Labute approximate surface area is 157 Å². The summed E-state index contributed by atoms with van der Waals surface area (Å²) in [5, 5.41) is 19.0. The molecule has 1 aliphatic heterocycles. The SMILES string of the molecule is O[C@@H]1C[C@H]2CN(Cc3ccc(-n4cncn4)cc3)C[C@H]2C[C@H]1n1cncn1. The molecule has 3 heterocycles. The number of aliphatic hydroxyl groups excluding tert-OH is 1. The van der Waals surface area contributed by atoms with Crippen molar-refractivity contribution in [3.63, 3.8) is 0 Å². The lowest BCUT2D eigenvalue weighted by atomic mass is 9.77. The van der Waals surface area contributed by atoms with E-state index < -0.39 is 0 Å². The molecule has 2 aromatic heterocycles. The second-order valence-electron chi connectivity index (χ2n) is 7.70. The van der Waals surface area contributed by atoms with E-state index in [0.717, 1.165) is 38.2 Å². The predicted octanol–water partition coefficient (Wildman–Crippen LogP) is 1.30. The molecule has 4 atom stereocenters. The number of aliphatic hydroxyl groups is 1. The number of hydrogen-bond acceptors (Lipinski definition) is 6. The first-order valence-corrected chi connectivity index (χ1v) is 9.45. The minimum Gasteiger partial charge on any atom is -0.391 e. The number of fused-ring (bicyclic) bond motifs is 1. The van der Waals surface area contributed by atoms with Crippen molar-refractivity contribution < 1.29 is 5.11 Å². The highest BCUT2D eigenvalue weighted by atomic mass is 16.3. The lowest BCUT2D eigenvalue weighted by molar-refractivity contribution is 0.0304. The fourth-order valence-corrected chi connectivity index (χ4v) is 4.66. The molecule has 0 spiro atoms. The first-order chi connectivity index (χ1) is 13.3. The Balaban J connectivity index is 1.23. The summed E-state index contributed by atoms with van der Waals surface area (Å²) < 4.78 is 3.59. The van der Waals surface area contributed by atoms with Gasteiger partial charge in [-0.25, -0.2) is 19.3 Å². The van der Waals surface area contributed by atoms with Crippen molar-refractivity contribution in [2.45, 2.75) is 31.5 Å². The molecule has 2 fully saturated rings. The van der Waals surface area contributed by atoms with E-state index in [2.05, 4.69) is 49.3 Å². The lowest BCUT2D eigenvalue weighted by Gasteiger charge is -2.35. The molecular weight excluding hydrogens is 342 g/mol. The van der Waals surface area contributed by atoms with Crippen LogP contribution in [0.15, 0.2) is 49.6 Å². The quantitative estimate of drug-likeness (QED) is 0.750. The van der Waals surface area contributed by atoms with Crippen LogP contribution >= 0.6 is 0 Å². The molecule has 3 aromatic rings. The summed E-state index contributed by atoms with van der Waals surface area (Å²) in [4.78, 5) is 10.5. The fraction of sp³-hybridized carbons (Fsp3) is 0.474. The first kappa shape index (κ1) is 16.6. The van der Waals surface area contributed by atoms with Gasteiger partial charge in [-0.2, -0.15) is 10.2 Å². The number of likely N-dealkylation sites (tertiary alicyclic amines) is 1. The maximum atomic E-state index is 10.6. The Bertz CT molecular complexity index is 862. The Kier molecular flexibility index (Phi) is 4.21. The molecule has 1 aliphatic carbocycles. The van der Waals surface area contributed by atoms with Crippen LogP contribution in [0.4, 0.5) is 0 Å². The number of aromatic nitrogens is 6. The molecule has 2 aliphatic rings. The van der Waals surface area contributed by atoms with E-state index in [-0.39, 0.29) is 12.1 Å². The number of rotatable bonds is 4. The molecule has 27 heavy (non-hydrogen) atoms. The van der Waals surface area contributed by atoms with Gasteiger partial charge in [0, 0.05) is 19.6 Å². The molecule has 140 valence electrons. The third-order valence-electron chi connectivity index (χ3n) is 5.99. The maximum Gasteiger partial charge on any atom is 0.138 e. The van der Waals surface area contributed by atoms with Crippen LogP contribution in [0.5, 0.6) is 0 Å². The second kappa shape index (κ2) is 6.86. The lowest BCUT2D eigenvalue weighted by Crippen LogP contribution is -2.36. The smallest absolute Gasteiger partial charge is 0.138 e. The van der Waals surface area contributed by atoms with Crippen LogP contribution in [0, 0.1) is 11.8 Å². The third kappa shape index (κ3) is 3.26. The highest BCUT2D eigenvalue weighted by molar-refractivity contribution is 5.33. The predicted molar refractivity (Wildman–Crippen MR) is 97.9 cm³/mol. The van der Waals surface area contributed by atoms with Gasteiger partial charge in [-0.05, 0) is 42.4 Å². The molecule has 1 N–H and O–H groups in total. The fourth-order valence-electron chi connectivity index (χ4n) is 4.66. The van der Waals surface area contributed by atoms with E-state index in [9.17, 15) is 5.11 Å². The van der Waals surface area contributed by atoms with Crippen LogP contribution < -0.4 is 0 Å². The van der Waals surface area contributed by atoms with Gasteiger partial charge >= 0.3 is 0 Å². The van der Waals surface area contributed by atoms with Crippen molar-refractivity contribution >= 4 is 0 Å². The summed E-state index contributed by atoms with van der Waals surface area (Å²) in [7, 11) is 0. The van der Waals surface area contributed by atoms with Crippen LogP contribution in [0.3, 0.4) is 0 Å². The Morgan fingerprint density at radius 2 is 1.67 bits per heavy atom. The molecule has 0 amide bonds. The van der Waals surface area contributed by atoms with Crippen molar-refractivity contribution in [1.82, 2.24) is 34.4 Å². The average molecular weight is 365 g/mol. The zero-order valence-electron chi connectivity index (χ0n) is 15.0. The summed E-state index contributed by atoms with van der Waals surface area (Å²) in [6.07, 6.45) is 7.99. The first-order valence-electron chi connectivity index (χ1n) is 9.45. The molecule has 1 aromatic carbocycles. The number of nitrogens with zero attached hydrogens (tertiary/aromatic N) is 7. The van der Waals surface area contributed by atoms with Crippen molar-refractivity contribution in [2.75, 3.05) is 13.1 Å². The molecule has 0 bridgehead atoms. The van der Waals surface area contributed by atoms with Crippen molar-refractivity contribution in [2.24, 2.45) is 11.8 Å². The average Bonchev–Trinajstić information content (AvgIpc) is 3.43. The van der Waals surface area contributed by atoms with E-state index >= 15 is 0 Å². The molecule has 8 nitrogen and oxygen atoms in total. The molecule has 1 saturated heterocycles.